The van der Waals surface area contributed by atoms with Gasteiger partial charge < -0.3 is 14.6 Å². The molecular weight excluding hydrogens is 400 g/mol. The molecule has 8 heteroatoms. The van der Waals surface area contributed by atoms with E-state index in [2.05, 4.69) is 15.6 Å². The molecule has 0 aliphatic rings. The Morgan fingerprint density at radius 1 is 1.20 bits per heavy atom. The van der Waals surface area contributed by atoms with Gasteiger partial charge in [-0.1, -0.05) is 23.4 Å². The number of carbonyl (C=O) groups is 1. The highest BCUT2D eigenvalue weighted by molar-refractivity contribution is 7.09. The summed E-state index contributed by atoms with van der Waals surface area (Å²) in [4.78, 5) is 13.7. The Bertz CT molecular complexity index is 1090. The molecule has 3 heterocycles. The molecule has 0 aliphatic heterocycles. The fourth-order valence-corrected chi connectivity index (χ4v) is 3.74. The number of aromatic nitrogens is 3. The number of nitrogens with zero attached hydrogens (tertiary/aromatic N) is 3. The summed E-state index contributed by atoms with van der Waals surface area (Å²) in [5.74, 6) is 2.09. The minimum Gasteiger partial charge on any atom is -0.489 e. The van der Waals surface area contributed by atoms with Gasteiger partial charge >= 0.3 is 0 Å². The van der Waals surface area contributed by atoms with E-state index in [1.807, 2.05) is 55.6 Å². The van der Waals surface area contributed by atoms with E-state index in [1.165, 1.54) is 4.88 Å². The molecule has 3 aromatic heterocycles. The number of carbonyl (C=O) groups excluding carboxylic acids is 1. The highest BCUT2D eigenvalue weighted by atomic mass is 32.1. The monoisotopic (exact) mass is 422 g/mol. The molecule has 0 bridgehead atoms. The molecule has 1 amide bonds. The van der Waals surface area contributed by atoms with E-state index in [4.69, 9.17) is 9.26 Å². The summed E-state index contributed by atoms with van der Waals surface area (Å²) in [5, 5.41) is 13.2. The third-order valence-electron chi connectivity index (χ3n) is 4.72. The molecule has 4 rings (SSSR count). The first-order valence-electron chi connectivity index (χ1n) is 9.56. The van der Waals surface area contributed by atoms with Crippen molar-refractivity contribution in [2.24, 2.45) is 0 Å². The number of thiophene rings is 1. The molecule has 0 saturated carbocycles. The van der Waals surface area contributed by atoms with Gasteiger partial charge in [0.05, 0.1) is 30.4 Å². The minimum absolute atomic E-state index is 0.0904. The van der Waals surface area contributed by atoms with Crippen LogP contribution in [0.5, 0.6) is 5.75 Å². The van der Waals surface area contributed by atoms with Gasteiger partial charge in [-0.2, -0.15) is 5.10 Å². The summed E-state index contributed by atoms with van der Waals surface area (Å²) in [7, 11) is 0. The van der Waals surface area contributed by atoms with E-state index in [0.717, 1.165) is 28.3 Å². The zero-order valence-electron chi connectivity index (χ0n) is 16.8. The quantitative estimate of drug-likeness (QED) is 0.456. The first-order chi connectivity index (χ1) is 14.6. The Kier molecular flexibility index (Phi) is 5.94. The van der Waals surface area contributed by atoms with Gasteiger partial charge in [0.2, 0.25) is 5.91 Å². The second kappa shape index (κ2) is 8.96. The first-order valence-corrected chi connectivity index (χ1v) is 10.4. The number of hydrogen-bond donors (Lipinski definition) is 1. The van der Waals surface area contributed by atoms with Crippen molar-refractivity contribution in [3.05, 3.63) is 81.5 Å². The lowest BCUT2D eigenvalue weighted by Gasteiger charge is -2.09. The highest BCUT2D eigenvalue weighted by Gasteiger charge is 2.11. The van der Waals surface area contributed by atoms with E-state index < -0.39 is 0 Å². The number of benzene rings is 1. The third-order valence-corrected chi connectivity index (χ3v) is 5.58. The molecule has 4 aromatic rings. The largest absolute Gasteiger partial charge is 0.489 e. The van der Waals surface area contributed by atoms with Crippen molar-refractivity contribution in [1.29, 1.82) is 0 Å². The molecule has 30 heavy (non-hydrogen) atoms. The van der Waals surface area contributed by atoms with E-state index in [-0.39, 0.29) is 12.3 Å². The van der Waals surface area contributed by atoms with Crippen molar-refractivity contribution in [3.8, 4) is 5.75 Å². The standard InChI is InChI=1S/C22H22N4O3S/c1-15-20(16(2)29-25-15)14-28-18-7-5-17(6-8-18)12-22(27)24-21-9-10-23-26(21)13-19-4-3-11-30-19/h3-11H,12-14H2,1-2H3,(H,24,27). The number of anilines is 1. The fraction of sp³-hybridized carbons (Fsp3) is 0.227. The van der Waals surface area contributed by atoms with Crippen LogP contribution in [0.15, 0.2) is 58.6 Å². The molecule has 0 fully saturated rings. The first kappa shape index (κ1) is 19.9. The number of amides is 1. The van der Waals surface area contributed by atoms with Crippen LogP contribution in [0.3, 0.4) is 0 Å². The molecule has 1 aromatic carbocycles. The van der Waals surface area contributed by atoms with Crippen LogP contribution < -0.4 is 10.1 Å². The summed E-state index contributed by atoms with van der Waals surface area (Å²) in [5.41, 5.74) is 2.69. The van der Waals surface area contributed by atoms with Crippen LogP contribution in [0.2, 0.25) is 0 Å². The smallest absolute Gasteiger partial charge is 0.229 e. The lowest BCUT2D eigenvalue weighted by molar-refractivity contribution is -0.115. The summed E-state index contributed by atoms with van der Waals surface area (Å²) < 4.78 is 12.7. The maximum Gasteiger partial charge on any atom is 0.229 e. The van der Waals surface area contributed by atoms with Crippen molar-refractivity contribution in [2.75, 3.05) is 5.32 Å². The Morgan fingerprint density at radius 3 is 2.73 bits per heavy atom. The van der Waals surface area contributed by atoms with Gasteiger partial charge in [-0.3, -0.25) is 4.79 Å². The Hall–Kier alpha value is -3.39. The predicted molar refractivity (Wildman–Crippen MR) is 115 cm³/mol. The van der Waals surface area contributed by atoms with Gasteiger partial charge in [0, 0.05) is 10.9 Å². The molecule has 0 saturated heterocycles. The lowest BCUT2D eigenvalue weighted by Crippen LogP contribution is -2.17. The van der Waals surface area contributed by atoms with E-state index >= 15 is 0 Å². The second-order valence-corrected chi connectivity index (χ2v) is 7.95. The SMILES string of the molecule is Cc1noc(C)c1COc1ccc(CC(=O)Nc2ccnn2Cc2cccs2)cc1. The van der Waals surface area contributed by atoms with Gasteiger partial charge in [-0.25, -0.2) is 4.68 Å². The average molecular weight is 423 g/mol. The minimum atomic E-state index is -0.0904. The summed E-state index contributed by atoms with van der Waals surface area (Å²) in [6.07, 6.45) is 1.96. The predicted octanol–water partition coefficient (Wildman–Crippen LogP) is 4.36. The average Bonchev–Trinajstić information content (AvgIpc) is 3.46. The van der Waals surface area contributed by atoms with Crippen LogP contribution in [-0.2, 0) is 24.4 Å². The Morgan fingerprint density at radius 2 is 2.03 bits per heavy atom. The molecule has 0 aliphatic carbocycles. The van der Waals surface area contributed by atoms with E-state index in [1.54, 1.807) is 28.3 Å². The molecule has 0 unspecified atom stereocenters. The van der Waals surface area contributed by atoms with Crippen molar-refractivity contribution in [3.63, 3.8) is 0 Å². The van der Waals surface area contributed by atoms with Crippen molar-refractivity contribution in [1.82, 2.24) is 14.9 Å². The van der Waals surface area contributed by atoms with Crippen LogP contribution in [0.25, 0.3) is 0 Å². The maximum atomic E-state index is 12.5. The van der Waals surface area contributed by atoms with E-state index in [0.29, 0.717) is 19.0 Å². The molecule has 154 valence electrons. The summed E-state index contributed by atoms with van der Waals surface area (Å²) >= 11 is 1.66. The Balaban J connectivity index is 1.31. The van der Waals surface area contributed by atoms with Crippen LogP contribution in [0, 0.1) is 13.8 Å². The van der Waals surface area contributed by atoms with Crippen LogP contribution >= 0.6 is 11.3 Å². The van der Waals surface area contributed by atoms with Gasteiger partial charge in [0.1, 0.15) is 23.9 Å². The number of hydrogen-bond acceptors (Lipinski definition) is 6. The van der Waals surface area contributed by atoms with Gasteiger partial charge in [-0.05, 0) is 43.0 Å². The second-order valence-electron chi connectivity index (χ2n) is 6.91. The number of rotatable bonds is 8. The highest BCUT2D eigenvalue weighted by Crippen LogP contribution is 2.19. The number of nitrogens with one attached hydrogen (secondary N) is 1. The van der Waals surface area contributed by atoms with Gasteiger partial charge in [0.25, 0.3) is 0 Å². The molecule has 7 nitrogen and oxygen atoms in total. The van der Waals surface area contributed by atoms with Crippen molar-refractivity contribution in [2.45, 2.75) is 33.4 Å². The van der Waals surface area contributed by atoms with Gasteiger partial charge in [-0.15, -0.1) is 11.3 Å². The van der Waals surface area contributed by atoms with E-state index in [9.17, 15) is 4.79 Å². The molecule has 1 N–H and O–H groups in total. The zero-order valence-corrected chi connectivity index (χ0v) is 17.6. The topological polar surface area (TPSA) is 82.2 Å². The maximum absolute atomic E-state index is 12.5. The zero-order chi connectivity index (χ0) is 20.9. The molecule has 0 atom stereocenters. The van der Waals surface area contributed by atoms with Crippen LogP contribution in [-0.4, -0.2) is 20.8 Å². The molecule has 0 spiro atoms. The van der Waals surface area contributed by atoms with Crippen LogP contribution in [0.1, 0.15) is 27.5 Å². The lowest BCUT2D eigenvalue weighted by atomic mass is 10.1. The number of aryl methyl sites for hydroxylation is 2. The van der Waals surface area contributed by atoms with Crippen molar-refractivity contribution >= 4 is 23.1 Å². The van der Waals surface area contributed by atoms with Crippen LogP contribution in [0.4, 0.5) is 5.82 Å². The molecular formula is C22H22N4O3S. The third kappa shape index (κ3) is 4.77. The fourth-order valence-electron chi connectivity index (χ4n) is 3.05. The van der Waals surface area contributed by atoms with Gasteiger partial charge in [0.15, 0.2) is 0 Å². The summed E-state index contributed by atoms with van der Waals surface area (Å²) in [6, 6.07) is 13.4. The molecule has 0 radical (unpaired) electrons. The van der Waals surface area contributed by atoms with Crippen molar-refractivity contribution < 1.29 is 14.1 Å². The number of ether oxygens (including phenoxy) is 1. The summed E-state index contributed by atoms with van der Waals surface area (Å²) in [6.45, 7) is 4.79. The Labute approximate surface area is 178 Å². The normalized spacial score (nSPS) is 10.9.